The Hall–Kier alpha value is -3.18. The number of para-hydroxylation sites is 1. The smallest absolute Gasteiger partial charge is 0.268 e. The maximum atomic E-state index is 14.1. The van der Waals surface area contributed by atoms with Gasteiger partial charge in [-0.1, -0.05) is 29.8 Å². The Morgan fingerprint density at radius 1 is 1.11 bits per heavy atom. The monoisotopic (exact) mass is 378 g/mol. The molecule has 0 N–H and O–H groups in total. The summed E-state index contributed by atoms with van der Waals surface area (Å²) < 4.78 is 21.7. The maximum absolute atomic E-state index is 14.1. The zero-order valence-corrected chi connectivity index (χ0v) is 14.7. The molecule has 3 heterocycles. The second-order valence-corrected chi connectivity index (χ2v) is 6.71. The Bertz CT molecular complexity index is 1230. The highest BCUT2D eigenvalue weighted by molar-refractivity contribution is 6.30. The lowest BCUT2D eigenvalue weighted by atomic mass is 10.1. The minimum atomic E-state index is -0.449. The Kier molecular flexibility index (Phi) is 3.52. The average molecular weight is 379 g/mol. The fourth-order valence-electron chi connectivity index (χ4n) is 3.38. The zero-order chi connectivity index (χ0) is 18.5. The SMILES string of the molecule is O=C1c2c(nc3ccccc3c2OCc2ccc(Cl)cc2F)-c2cccn21. The van der Waals surface area contributed by atoms with Gasteiger partial charge < -0.3 is 4.74 Å². The fraction of sp³-hybridized carbons (Fsp3) is 0.0476. The Morgan fingerprint density at radius 3 is 2.81 bits per heavy atom. The number of ether oxygens (including phenoxy) is 1. The normalized spacial score (nSPS) is 12.3. The van der Waals surface area contributed by atoms with Gasteiger partial charge in [0.1, 0.15) is 29.4 Å². The Balaban J connectivity index is 1.66. The van der Waals surface area contributed by atoms with Gasteiger partial charge in [0.2, 0.25) is 0 Å². The predicted octanol–water partition coefficient (Wildman–Crippen LogP) is 5.08. The minimum Gasteiger partial charge on any atom is -0.487 e. The highest BCUT2D eigenvalue weighted by Crippen LogP contribution is 2.41. The van der Waals surface area contributed by atoms with Crippen LogP contribution in [0.4, 0.5) is 4.39 Å². The largest absolute Gasteiger partial charge is 0.487 e. The van der Waals surface area contributed by atoms with Gasteiger partial charge in [-0.2, -0.15) is 0 Å². The molecule has 1 aliphatic rings. The molecule has 0 saturated heterocycles. The molecule has 27 heavy (non-hydrogen) atoms. The molecule has 0 bridgehead atoms. The van der Waals surface area contributed by atoms with Crippen molar-refractivity contribution >= 4 is 28.4 Å². The highest BCUT2D eigenvalue weighted by atomic mass is 35.5. The molecule has 2 aromatic carbocycles. The van der Waals surface area contributed by atoms with E-state index in [1.165, 1.54) is 6.07 Å². The summed E-state index contributed by atoms with van der Waals surface area (Å²) in [5, 5.41) is 1.03. The Labute approximate surface area is 158 Å². The standard InChI is InChI=1S/C21H12ClFN2O2/c22-13-8-7-12(15(23)10-13)11-27-20-14-4-1-2-5-16(14)24-19-17-6-3-9-25(17)21(26)18(19)20/h1-10H,11H2. The number of hydrogen-bond donors (Lipinski definition) is 0. The van der Waals surface area contributed by atoms with Crippen molar-refractivity contribution in [1.29, 1.82) is 0 Å². The van der Waals surface area contributed by atoms with Gasteiger partial charge in [0.15, 0.2) is 0 Å². The van der Waals surface area contributed by atoms with Gasteiger partial charge >= 0.3 is 0 Å². The van der Waals surface area contributed by atoms with E-state index in [-0.39, 0.29) is 12.5 Å². The van der Waals surface area contributed by atoms with Crippen LogP contribution in [0.5, 0.6) is 5.75 Å². The lowest BCUT2D eigenvalue weighted by Gasteiger charge is -2.13. The first-order chi connectivity index (χ1) is 13.1. The van der Waals surface area contributed by atoms with Gasteiger partial charge in [-0.15, -0.1) is 0 Å². The van der Waals surface area contributed by atoms with Gasteiger partial charge in [-0.25, -0.2) is 9.37 Å². The number of aromatic nitrogens is 2. The van der Waals surface area contributed by atoms with Gasteiger partial charge in [0.05, 0.1) is 11.2 Å². The summed E-state index contributed by atoms with van der Waals surface area (Å²) in [6.45, 7) is -0.0222. The summed E-state index contributed by atoms with van der Waals surface area (Å²) in [4.78, 5) is 17.5. The van der Waals surface area contributed by atoms with Crippen molar-refractivity contribution in [2.24, 2.45) is 0 Å². The molecule has 0 aliphatic carbocycles. The number of nitrogens with zero attached hydrogens (tertiary/aromatic N) is 2. The zero-order valence-electron chi connectivity index (χ0n) is 13.9. The summed E-state index contributed by atoms with van der Waals surface area (Å²) in [6.07, 6.45) is 1.70. The third-order valence-electron chi connectivity index (χ3n) is 4.66. The van der Waals surface area contributed by atoms with Crippen molar-refractivity contribution in [3.8, 4) is 17.1 Å². The number of halogens is 2. The van der Waals surface area contributed by atoms with Gasteiger partial charge in [-0.3, -0.25) is 9.36 Å². The van der Waals surface area contributed by atoms with Crippen molar-refractivity contribution in [3.63, 3.8) is 0 Å². The van der Waals surface area contributed by atoms with E-state index >= 15 is 0 Å². The van der Waals surface area contributed by atoms with E-state index < -0.39 is 5.82 Å². The van der Waals surface area contributed by atoms with E-state index in [1.807, 2.05) is 30.3 Å². The van der Waals surface area contributed by atoms with Crippen LogP contribution >= 0.6 is 11.6 Å². The molecule has 0 unspecified atom stereocenters. The number of rotatable bonds is 3. The first kappa shape index (κ1) is 16.0. The van der Waals surface area contributed by atoms with E-state index in [0.717, 1.165) is 5.69 Å². The summed E-state index contributed by atoms with van der Waals surface area (Å²) in [7, 11) is 0. The van der Waals surface area contributed by atoms with Gasteiger partial charge in [0, 0.05) is 22.2 Å². The van der Waals surface area contributed by atoms with Gasteiger partial charge in [-0.05, 0) is 36.4 Å². The first-order valence-corrected chi connectivity index (χ1v) is 8.73. The van der Waals surface area contributed by atoms with Crippen LogP contribution in [0.15, 0.2) is 60.8 Å². The number of carbonyl (C=O) groups excluding carboxylic acids is 1. The van der Waals surface area contributed by atoms with Crippen molar-refractivity contribution in [3.05, 3.63) is 82.8 Å². The van der Waals surface area contributed by atoms with E-state index in [2.05, 4.69) is 4.98 Å². The molecule has 2 aromatic heterocycles. The van der Waals surface area contributed by atoms with E-state index in [0.29, 0.717) is 38.5 Å². The van der Waals surface area contributed by atoms with Crippen LogP contribution in [0.25, 0.3) is 22.3 Å². The van der Waals surface area contributed by atoms with E-state index in [1.54, 1.807) is 29.0 Å². The summed E-state index contributed by atoms with van der Waals surface area (Å²) >= 11 is 5.81. The van der Waals surface area contributed by atoms with Crippen molar-refractivity contribution in [2.45, 2.75) is 6.61 Å². The number of pyridine rings is 1. The lowest BCUT2D eigenvalue weighted by molar-refractivity contribution is 0.0965. The summed E-state index contributed by atoms with van der Waals surface area (Å²) in [6, 6.07) is 15.5. The molecular formula is C21H12ClFN2O2. The van der Waals surface area contributed by atoms with Crippen LogP contribution in [0.3, 0.4) is 0 Å². The third kappa shape index (κ3) is 2.43. The molecule has 0 spiro atoms. The second-order valence-electron chi connectivity index (χ2n) is 6.27. The van der Waals surface area contributed by atoms with Crippen molar-refractivity contribution < 1.29 is 13.9 Å². The molecule has 0 amide bonds. The van der Waals surface area contributed by atoms with Crippen LogP contribution in [-0.2, 0) is 6.61 Å². The van der Waals surface area contributed by atoms with E-state index in [9.17, 15) is 9.18 Å². The minimum absolute atomic E-state index is 0.0222. The number of fused-ring (bicyclic) bond motifs is 4. The summed E-state index contributed by atoms with van der Waals surface area (Å²) in [5.41, 5.74) is 2.78. The molecule has 4 aromatic rings. The van der Waals surface area contributed by atoms with Crippen LogP contribution in [0, 0.1) is 5.82 Å². The molecule has 1 aliphatic heterocycles. The van der Waals surface area contributed by atoms with Crippen molar-refractivity contribution in [1.82, 2.24) is 9.55 Å². The quantitative estimate of drug-likeness (QED) is 0.440. The molecule has 0 radical (unpaired) electrons. The van der Waals surface area contributed by atoms with Crippen LogP contribution in [-0.4, -0.2) is 15.5 Å². The highest BCUT2D eigenvalue weighted by Gasteiger charge is 2.32. The predicted molar refractivity (Wildman–Crippen MR) is 101 cm³/mol. The molecule has 0 saturated carbocycles. The first-order valence-electron chi connectivity index (χ1n) is 8.35. The number of benzene rings is 2. The average Bonchev–Trinajstić information content (AvgIpc) is 3.24. The van der Waals surface area contributed by atoms with Crippen LogP contribution < -0.4 is 4.74 Å². The summed E-state index contributed by atoms with van der Waals surface area (Å²) in [5.74, 6) is -0.233. The third-order valence-corrected chi connectivity index (χ3v) is 4.89. The molecule has 4 nitrogen and oxygen atoms in total. The molecular weight excluding hydrogens is 367 g/mol. The maximum Gasteiger partial charge on any atom is 0.268 e. The molecule has 0 fully saturated rings. The molecule has 6 heteroatoms. The lowest BCUT2D eigenvalue weighted by Crippen LogP contribution is -2.08. The molecule has 5 rings (SSSR count). The fourth-order valence-corrected chi connectivity index (χ4v) is 3.53. The topological polar surface area (TPSA) is 44.1 Å². The van der Waals surface area contributed by atoms with Crippen molar-refractivity contribution in [2.75, 3.05) is 0 Å². The van der Waals surface area contributed by atoms with Gasteiger partial charge in [0.25, 0.3) is 5.91 Å². The van der Waals surface area contributed by atoms with E-state index in [4.69, 9.17) is 16.3 Å². The van der Waals surface area contributed by atoms with Crippen LogP contribution in [0.2, 0.25) is 5.02 Å². The number of hydrogen-bond acceptors (Lipinski definition) is 3. The Morgan fingerprint density at radius 2 is 1.96 bits per heavy atom. The molecule has 0 atom stereocenters. The second kappa shape index (κ2) is 5.93. The number of carbonyl (C=O) groups is 1. The molecule has 132 valence electrons. The van der Waals surface area contributed by atoms with Crippen LogP contribution in [0.1, 0.15) is 15.9 Å².